The van der Waals surface area contributed by atoms with E-state index in [1.807, 2.05) is 0 Å². The molecule has 2 aromatic heterocycles. The van der Waals surface area contributed by atoms with Crippen molar-refractivity contribution in [3.8, 4) is 11.5 Å². The molecule has 0 saturated carbocycles. The summed E-state index contributed by atoms with van der Waals surface area (Å²) in [6.45, 7) is 0. The summed E-state index contributed by atoms with van der Waals surface area (Å²) in [5, 5.41) is 0. The molecule has 0 aliphatic heterocycles. The minimum atomic E-state index is -0.938. The van der Waals surface area contributed by atoms with Gasteiger partial charge in [0.05, 0.1) is 18.0 Å². The Morgan fingerprint density at radius 3 is 2.82 bits per heavy atom. The van der Waals surface area contributed by atoms with Gasteiger partial charge in [-0.1, -0.05) is 0 Å². The number of H-pyrrole nitrogens is 1. The number of nitrogens with one attached hydrogen (secondary N) is 1. The normalized spacial score (nSPS) is 11.2. The maximum absolute atomic E-state index is 13.5. The van der Waals surface area contributed by atoms with E-state index >= 15 is 0 Å². The Morgan fingerprint density at radius 1 is 1.29 bits per heavy atom. The number of aryl methyl sites for hydroxylation is 1. The molecule has 0 unspecified atom stereocenters. The first-order chi connectivity index (χ1) is 8.16. The van der Waals surface area contributed by atoms with E-state index in [0.29, 0.717) is 17.0 Å². The first kappa shape index (κ1) is 9.95. The topological polar surface area (TPSA) is 46.5 Å². The van der Waals surface area contributed by atoms with Crippen LogP contribution < -0.4 is 0 Å². The number of hydrogen-bond acceptors (Lipinski definition) is 2. The van der Waals surface area contributed by atoms with Crippen molar-refractivity contribution in [1.29, 1.82) is 0 Å². The average Bonchev–Trinajstić information content (AvgIpc) is 2.89. The van der Waals surface area contributed by atoms with Crippen LogP contribution in [0.3, 0.4) is 0 Å². The Hall–Kier alpha value is -2.24. The smallest absolute Gasteiger partial charge is 0.186 e. The van der Waals surface area contributed by atoms with Crippen LogP contribution >= 0.6 is 0 Å². The van der Waals surface area contributed by atoms with Gasteiger partial charge in [0.15, 0.2) is 17.5 Å². The lowest BCUT2D eigenvalue weighted by molar-refractivity contribution is 0.515. The number of rotatable bonds is 1. The minimum absolute atomic E-state index is 0.00111. The molecule has 2 heterocycles. The summed E-state index contributed by atoms with van der Waals surface area (Å²) < 4.78 is 28.2. The largest absolute Gasteiger partial charge is 0.337 e. The highest BCUT2D eigenvalue weighted by Crippen LogP contribution is 2.22. The number of imidazole rings is 2. The molecular formula is C11H8F2N4. The molecule has 0 amide bonds. The fourth-order valence-electron chi connectivity index (χ4n) is 1.72. The first-order valence-corrected chi connectivity index (χ1v) is 4.97. The third-order valence-electron chi connectivity index (χ3n) is 2.61. The molecule has 3 aromatic rings. The highest BCUT2D eigenvalue weighted by atomic mass is 19.2. The minimum Gasteiger partial charge on any atom is -0.337 e. The summed E-state index contributed by atoms with van der Waals surface area (Å²) in [6.07, 6.45) is 3.21. The second-order valence-corrected chi connectivity index (χ2v) is 3.73. The van der Waals surface area contributed by atoms with Gasteiger partial charge in [-0.3, -0.25) is 0 Å². The van der Waals surface area contributed by atoms with Gasteiger partial charge in [0.1, 0.15) is 11.2 Å². The lowest BCUT2D eigenvalue weighted by Crippen LogP contribution is -1.90. The molecule has 17 heavy (non-hydrogen) atoms. The summed E-state index contributed by atoms with van der Waals surface area (Å²) in [5.41, 5.74) is 1.17. The molecule has 1 N–H and O–H groups in total. The fraction of sp³-hybridized carbons (Fsp3) is 0.0909. The molecule has 0 radical (unpaired) electrons. The van der Waals surface area contributed by atoms with Crippen molar-refractivity contribution >= 4 is 11.0 Å². The van der Waals surface area contributed by atoms with Crippen LogP contribution in [0, 0.1) is 11.6 Å². The summed E-state index contributed by atoms with van der Waals surface area (Å²) in [4.78, 5) is 10.9. The van der Waals surface area contributed by atoms with Gasteiger partial charge in [0.2, 0.25) is 0 Å². The number of halogens is 2. The SMILES string of the molecule is Cn1cncc1-c1nc2c(F)c(F)ccc2[nH]1. The van der Waals surface area contributed by atoms with Crippen LogP contribution in [-0.4, -0.2) is 19.5 Å². The van der Waals surface area contributed by atoms with E-state index in [0.717, 1.165) is 6.07 Å². The van der Waals surface area contributed by atoms with Gasteiger partial charge in [-0.05, 0) is 12.1 Å². The maximum Gasteiger partial charge on any atom is 0.186 e. The standard InChI is InChI=1S/C11H8F2N4/c1-17-5-14-4-8(17)11-15-7-3-2-6(12)9(13)10(7)16-11/h2-5H,1H3,(H,15,16). The summed E-state index contributed by atoms with van der Waals surface area (Å²) in [5.74, 6) is -1.38. The highest BCUT2D eigenvalue weighted by molar-refractivity contribution is 5.79. The Bertz CT molecular complexity index is 699. The number of aromatic amines is 1. The maximum atomic E-state index is 13.5. The number of fused-ring (bicyclic) bond motifs is 1. The van der Waals surface area contributed by atoms with Crippen LogP contribution in [0.1, 0.15) is 0 Å². The second kappa shape index (κ2) is 3.38. The predicted molar refractivity (Wildman–Crippen MR) is 58.2 cm³/mol. The molecule has 0 bridgehead atoms. The van der Waals surface area contributed by atoms with Crippen LogP contribution in [0.2, 0.25) is 0 Å². The van der Waals surface area contributed by atoms with Gasteiger partial charge in [-0.15, -0.1) is 0 Å². The molecule has 0 saturated heterocycles. The molecule has 1 aromatic carbocycles. The van der Waals surface area contributed by atoms with E-state index in [-0.39, 0.29) is 5.52 Å². The molecule has 0 spiro atoms. The summed E-state index contributed by atoms with van der Waals surface area (Å²) in [6, 6.07) is 2.53. The van der Waals surface area contributed by atoms with Gasteiger partial charge in [-0.2, -0.15) is 0 Å². The van der Waals surface area contributed by atoms with Crippen molar-refractivity contribution in [2.75, 3.05) is 0 Å². The van der Waals surface area contributed by atoms with Crippen LogP contribution in [0.25, 0.3) is 22.6 Å². The zero-order valence-corrected chi connectivity index (χ0v) is 8.91. The van der Waals surface area contributed by atoms with Crippen molar-refractivity contribution in [3.63, 3.8) is 0 Å². The van der Waals surface area contributed by atoms with Crippen molar-refractivity contribution < 1.29 is 8.78 Å². The third kappa shape index (κ3) is 1.41. The zero-order valence-electron chi connectivity index (χ0n) is 8.91. The molecule has 3 rings (SSSR count). The lowest BCUT2D eigenvalue weighted by atomic mass is 10.3. The fourth-order valence-corrected chi connectivity index (χ4v) is 1.72. The summed E-state index contributed by atoms with van der Waals surface area (Å²) >= 11 is 0. The second-order valence-electron chi connectivity index (χ2n) is 3.73. The van der Waals surface area contributed by atoms with E-state index in [1.54, 1.807) is 24.1 Å². The zero-order chi connectivity index (χ0) is 12.0. The van der Waals surface area contributed by atoms with E-state index < -0.39 is 11.6 Å². The van der Waals surface area contributed by atoms with Gasteiger partial charge in [0.25, 0.3) is 0 Å². The number of nitrogens with zero attached hydrogens (tertiary/aromatic N) is 3. The van der Waals surface area contributed by atoms with Crippen molar-refractivity contribution in [2.45, 2.75) is 0 Å². The molecule has 0 aliphatic rings. The van der Waals surface area contributed by atoms with E-state index in [2.05, 4.69) is 15.0 Å². The average molecular weight is 234 g/mol. The van der Waals surface area contributed by atoms with E-state index in [9.17, 15) is 8.78 Å². The first-order valence-electron chi connectivity index (χ1n) is 4.97. The van der Waals surface area contributed by atoms with E-state index in [1.165, 1.54) is 6.07 Å². The molecule has 0 atom stereocenters. The quantitative estimate of drug-likeness (QED) is 0.701. The van der Waals surface area contributed by atoms with Crippen molar-refractivity contribution in [1.82, 2.24) is 19.5 Å². The Balaban J connectivity index is 2.27. The molecule has 0 aliphatic carbocycles. The molecule has 0 fully saturated rings. The van der Waals surface area contributed by atoms with Gasteiger partial charge >= 0.3 is 0 Å². The van der Waals surface area contributed by atoms with Crippen LogP contribution in [0.5, 0.6) is 0 Å². The lowest BCUT2D eigenvalue weighted by Gasteiger charge is -1.95. The molecule has 6 heteroatoms. The summed E-state index contributed by atoms with van der Waals surface area (Å²) in [7, 11) is 1.80. The molecular weight excluding hydrogens is 226 g/mol. The van der Waals surface area contributed by atoms with Crippen molar-refractivity contribution in [3.05, 3.63) is 36.3 Å². The van der Waals surface area contributed by atoms with Crippen LogP contribution in [0.15, 0.2) is 24.7 Å². The third-order valence-corrected chi connectivity index (χ3v) is 2.61. The van der Waals surface area contributed by atoms with Gasteiger partial charge in [0, 0.05) is 7.05 Å². The molecule has 86 valence electrons. The van der Waals surface area contributed by atoms with Crippen molar-refractivity contribution in [2.24, 2.45) is 7.05 Å². The molecule has 4 nitrogen and oxygen atoms in total. The Morgan fingerprint density at radius 2 is 2.12 bits per heavy atom. The highest BCUT2D eigenvalue weighted by Gasteiger charge is 2.14. The van der Waals surface area contributed by atoms with Gasteiger partial charge < -0.3 is 9.55 Å². The van der Waals surface area contributed by atoms with E-state index in [4.69, 9.17) is 0 Å². The predicted octanol–water partition coefficient (Wildman–Crippen LogP) is 2.24. The van der Waals surface area contributed by atoms with Gasteiger partial charge in [-0.25, -0.2) is 18.7 Å². The number of aromatic nitrogens is 4. The number of hydrogen-bond donors (Lipinski definition) is 1. The number of benzene rings is 1. The monoisotopic (exact) mass is 234 g/mol. The Labute approximate surface area is 94.9 Å². The Kier molecular flexibility index (Phi) is 1.98. The van der Waals surface area contributed by atoms with Crippen LogP contribution in [-0.2, 0) is 7.05 Å². The van der Waals surface area contributed by atoms with Crippen LogP contribution in [0.4, 0.5) is 8.78 Å².